The number of aromatic nitrogens is 1. The average Bonchev–Trinajstić information content (AvgIpc) is 2.27. The van der Waals surface area contributed by atoms with Gasteiger partial charge in [0.2, 0.25) is 0 Å². The zero-order valence-electron chi connectivity index (χ0n) is 8.75. The number of fused-ring (bicyclic) bond motifs is 1. The topological polar surface area (TPSA) is 12.9 Å². The van der Waals surface area contributed by atoms with E-state index in [1.165, 1.54) is 16.6 Å². The maximum Gasteiger partial charge on any atom is 0.0708 e. The molecule has 14 heavy (non-hydrogen) atoms. The summed E-state index contributed by atoms with van der Waals surface area (Å²) >= 11 is 0. The van der Waals surface area contributed by atoms with Crippen LogP contribution in [0.15, 0.2) is 30.3 Å². The molecular formula is C13H15N. The van der Waals surface area contributed by atoms with Crippen LogP contribution in [-0.4, -0.2) is 4.98 Å². The van der Waals surface area contributed by atoms with E-state index in [1.54, 1.807) is 0 Å². The Bertz CT molecular complexity index is 446. The van der Waals surface area contributed by atoms with E-state index in [1.807, 2.05) is 6.07 Å². The van der Waals surface area contributed by atoms with Gasteiger partial charge < -0.3 is 0 Å². The van der Waals surface area contributed by atoms with Crippen LogP contribution in [0.25, 0.3) is 10.9 Å². The second-order valence-electron chi connectivity index (χ2n) is 3.50. The molecule has 0 N–H and O–H groups in total. The van der Waals surface area contributed by atoms with Crippen molar-refractivity contribution >= 4 is 10.9 Å². The number of pyridine rings is 1. The summed E-state index contributed by atoms with van der Waals surface area (Å²) < 4.78 is 0. The van der Waals surface area contributed by atoms with Crippen molar-refractivity contribution in [1.82, 2.24) is 4.98 Å². The van der Waals surface area contributed by atoms with Crippen LogP contribution in [0.3, 0.4) is 0 Å². The van der Waals surface area contributed by atoms with Crippen molar-refractivity contribution in [1.29, 1.82) is 0 Å². The first-order valence-electron chi connectivity index (χ1n) is 5.22. The number of nitrogens with zero attached hydrogens (tertiary/aromatic N) is 1. The van der Waals surface area contributed by atoms with Gasteiger partial charge in [0.1, 0.15) is 0 Å². The lowest BCUT2D eigenvalue weighted by Crippen LogP contribution is -1.92. The Balaban J connectivity index is 2.73. The maximum atomic E-state index is 4.60. The van der Waals surface area contributed by atoms with Gasteiger partial charge in [0, 0.05) is 11.1 Å². The van der Waals surface area contributed by atoms with Gasteiger partial charge in [0.05, 0.1) is 5.52 Å². The monoisotopic (exact) mass is 185 g/mol. The quantitative estimate of drug-likeness (QED) is 0.699. The predicted octanol–water partition coefficient (Wildman–Crippen LogP) is 3.36. The van der Waals surface area contributed by atoms with Crippen molar-refractivity contribution in [2.24, 2.45) is 0 Å². The highest BCUT2D eigenvalue weighted by atomic mass is 14.7. The number of hydrogen-bond acceptors (Lipinski definition) is 1. The van der Waals surface area contributed by atoms with Crippen LogP contribution in [0, 0.1) is 0 Å². The summed E-state index contributed by atoms with van der Waals surface area (Å²) in [6, 6.07) is 10.6. The molecule has 2 rings (SSSR count). The molecule has 72 valence electrons. The normalized spacial score (nSPS) is 10.7. The molecule has 0 radical (unpaired) electrons. The second-order valence-corrected chi connectivity index (χ2v) is 3.50. The van der Waals surface area contributed by atoms with Crippen LogP contribution in [0.2, 0.25) is 0 Å². The van der Waals surface area contributed by atoms with Crippen LogP contribution in [0.5, 0.6) is 0 Å². The van der Waals surface area contributed by atoms with Gasteiger partial charge in [-0.3, -0.25) is 4.98 Å². The third-order valence-corrected chi connectivity index (χ3v) is 2.60. The molecule has 0 atom stereocenters. The van der Waals surface area contributed by atoms with Gasteiger partial charge in [0.25, 0.3) is 0 Å². The van der Waals surface area contributed by atoms with E-state index in [0.29, 0.717) is 0 Å². The molecule has 0 bridgehead atoms. The number of rotatable bonds is 2. The van der Waals surface area contributed by atoms with Crippen molar-refractivity contribution in [2.45, 2.75) is 26.7 Å². The molecule has 0 aliphatic heterocycles. The molecule has 0 spiro atoms. The third-order valence-electron chi connectivity index (χ3n) is 2.60. The summed E-state index contributed by atoms with van der Waals surface area (Å²) in [7, 11) is 0. The fourth-order valence-corrected chi connectivity index (χ4v) is 1.78. The summed E-state index contributed by atoms with van der Waals surface area (Å²) in [6.45, 7) is 4.35. The molecule has 2 aromatic rings. The molecule has 0 saturated carbocycles. The molecule has 1 heterocycles. The molecule has 1 nitrogen and oxygen atoms in total. The van der Waals surface area contributed by atoms with Gasteiger partial charge in [-0.15, -0.1) is 0 Å². The summed E-state index contributed by atoms with van der Waals surface area (Å²) in [5.41, 5.74) is 3.73. The van der Waals surface area contributed by atoms with Gasteiger partial charge in [-0.05, 0) is 30.5 Å². The first kappa shape index (κ1) is 9.20. The van der Waals surface area contributed by atoms with Crippen molar-refractivity contribution in [2.75, 3.05) is 0 Å². The lowest BCUT2D eigenvalue weighted by atomic mass is 10.1. The lowest BCUT2D eigenvalue weighted by Gasteiger charge is -2.06. The minimum atomic E-state index is 1.01. The molecule has 0 fully saturated rings. The summed E-state index contributed by atoms with van der Waals surface area (Å²) in [4.78, 5) is 4.60. The number of aryl methyl sites for hydroxylation is 2. The van der Waals surface area contributed by atoms with E-state index in [-0.39, 0.29) is 0 Å². The standard InChI is InChI=1S/C13H15N/c1-3-10-9-11(4-2)14-13-8-6-5-7-12(10)13/h5-9H,3-4H2,1-2H3. The van der Waals surface area contributed by atoms with Crippen LogP contribution < -0.4 is 0 Å². The van der Waals surface area contributed by atoms with E-state index >= 15 is 0 Å². The first-order chi connectivity index (χ1) is 6.85. The zero-order chi connectivity index (χ0) is 9.97. The van der Waals surface area contributed by atoms with Crippen LogP contribution in [-0.2, 0) is 12.8 Å². The number of benzene rings is 1. The van der Waals surface area contributed by atoms with Crippen molar-refractivity contribution in [3.05, 3.63) is 41.6 Å². The minimum absolute atomic E-state index is 1.01. The Morgan fingerprint density at radius 3 is 2.57 bits per heavy atom. The minimum Gasteiger partial charge on any atom is -0.253 e. The third kappa shape index (κ3) is 1.50. The van der Waals surface area contributed by atoms with Crippen LogP contribution in [0.1, 0.15) is 25.1 Å². The predicted molar refractivity (Wildman–Crippen MR) is 60.5 cm³/mol. The van der Waals surface area contributed by atoms with Gasteiger partial charge >= 0.3 is 0 Å². The van der Waals surface area contributed by atoms with Crippen LogP contribution >= 0.6 is 0 Å². The highest BCUT2D eigenvalue weighted by molar-refractivity contribution is 5.82. The second kappa shape index (κ2) is 3.79. The molecule has 0 aliphatic carbocycles. The highest BCUT2D eigenvalue weighted by Gasteiger charge is 2.01. The Morgan fingerprint density at radius 2 is 1.86 bits per heavy atom. The highest BCUT2D eigenvalue weighted by Crippen LogP contribution is 2.18. The van der Waals surface area contributed by atoms with E-state index in [9.17, 15) is 0 Å². The summed E-state index contributed by atoms with van der Waals surface area (Å²) in [6.07, 6.45) is 2.09. The van der Waals surface area contributed by atoms with Crippen LogP contribution in [0.4, 0.5) is 0 Å². The summed E-state index contributed by atoms with van der Waals surface area (Å²) in [5, 5.41) is 1.30. The Morgan fingerprint density at radius 1 is 1.07 bits per heavy atom. The largest absolute Gasteiger partial charge is 0.253 e. The molecule has 0 saturated heterocycles. The summed E-state index contributed by atoms with van der Waals surface area (Å²) in [5.74, 6) is 0. The Hall–Kier alpha value is -1.37. The number of para-hydroxylation sites is 1. The smallest absolute Gasteiger partial charge is 0.0708 e. The number of hydrogen-bond donors (Lipinski definition) is 0. The maximum absolute atomic E-state index is 4.60. The fourth-order valence-electron chi connectivity index (χ4n) is 1.78. The Labute approximate surface area is 84.8 Å². The molecule has 0 amide bonds. The molecule has 1 aromatic heterocycles. The van der Waals surface area contributed by atoms with E-state index in [2.05, 4.69) is 43.1 Å². The molecule has 0 aliphatic rings. The van der Waals surface area contributed by atoms with Gasteiger partial charge in [0.15, 0.2) is 0 Å². The van der Waals surface area contributed by atoms with Gasteiger partial charge in [-0.1, -0.05) is 32.0 Å². The van der Waals surface area contributed by atoms with Gasteiger partial charge in [-0.2, -0.15) is 0 Å². The molecule has 0 unspecified atom stereocenters. The molecule has 1 heteroatoms. The molecule has 1 aromatic carbocycles. The van der Waals surface area contributed by atoms with E-state index < -0.39 is 0 Å². The fraction of sp³-hybridized carbons (Fsp3) is 0.308. The van der Waals surface area contributed by atoms with Gasteiger partial charge in [-0.25, -0.2) is 0 Å². The van der Waals surface area contributed by atoms with E-state index in [0.717, 1.165) is 18.4 Å². The SMILES string of the molecule is CCc1cc(CC)c2ccccc2n1. The average molecular weight is 185 g/mol. The van der Waals surface area contributed by atoms with Crippen molar-refractivity contribution in [3.63, 3.8) is 0 Å². The Kier molecular flexibility index (Phi) is 2.49. The van der Waals surface area contributed by atoms with Crippen molar-refractivity contribution < 1.29 is 0 Å². The molecular weight excluding hydrogens is 170 g/mol. The van der Waals surface area contributed by atoms with Crippen molar-refractivity contribution in [3.8, 4) is 0 Å². The zero-order valence-corrected chi connectivity index (χ0v) is 8.75. The lowest BCUT2D eigenvalue weighted by molar-refractivity contribution is 1.03. The van der Waals surface area contributed by atoms with E-state index in [4.69, 9.17) is 0 Å². The first-order valence-corrected chi connectivity index (χ1v) is 5.22.